The molecule has 1 fully saturated rings. The molecule has 0 spiro atoms. The maximum Gasteiger partial charge on any atom is 0.243 e. The zero-order valence-corrected chi connectivity index (χ0v) is 16.1. The third kappa shape index (κ3) is 4.00. The zero-order valence-electron chi connectivity index (χ0n) is 13.8. The fraction of sp³-hybridized carbons (Fsp3) is 0.500. The van der Waals surface area contributed by atoms with Crippen molar-refractivity contribution in [3.8, 4) is 0 Å². The smallest absolute Gasteiger partial charge is 0.243 e. The fourth-order valence-electron chi connectivity index (χ4n) is 3.19. The van der Waals surface area contributed by atoms with Crippen molar-refractivity contribution < 1.29 is 12.9 Å². The van der Waals surface area contributed by atoms with E-state index in [0.717, 1.165) is 25.7 Å². The van der Waals surface area contributed by atoms with Crippen LogP contribution < -0.4 is 4.72 Å². The molecule has 1 saturated carbocycles. The molecular weight excluding hydrogens is 385 g/mol. The van der Waals surface area contributed by atoms with Crippen molar-refractivity contribution >= 4 is 33.2 Å². The van der Waals surface area contributed by atoms with Gasteiger partial charge in [-0.2, -0.15) is 9.71 Å². The van der Waals surface area contributed by atoms with Crippen LogP contribution in [-0.2, 0) is 15.6 Å². The summed E-state index contributed by atoms with van der Waals surface area (Å²) >= 11 is 12.1. The summed E-state index contributed by atoms with van der Waals surface area (Å²) in [7, 11) is -3.91. The van der Waals surface area contributed by atoms with Crippen LogP contribution in [0.25, 0.3) is 0 Å². The number of sulfonamides is 1. The maximum absolute atomic E-state index is 13.0. The number of aryl methyl sites for hydroxylation is 1. The monoisotopic (exact) mass is 403 g/mol. The Bertz CT molecular complexity index is 859. The van der Waals surface area contributed by atoms with Crippen molar-refractivity contribution in [2.45, 2.75) is 55.9 Å². The number of halogens is 2. The average molecular weight is 404 g/mol. The number of benzene rings is 1. The summed E-state index contributed by atoms with van der Waals surface area (Å²) in [6.45, 7) is 1.68. The summed E-state index contributed by atoms with van der Waals surface area (Å²) in [5.74, 6) is 0.771. The minimum Gasteiger partial charge on any atom is -0.340 e. The molecule has 1 heterocycles. The van der Waals surface area contributed by atoms with Gasteiger partial charge in [-0.1, -0.05) is 54.0 Å². The molecule has 0 unspecified atom stereocenters. The van der Waals surface area contributed by atoms with E-state index in [0.29, 0.717) is 29.6 Å². The predicted molar refractivity (Wildman–Crippen MR) is 95.2 cm³/mol. The van der Waals surface area contributed by atoms with Gasteiger partial charge in [-0.3, -0.25) is 0 Å². The van der Waals surface area contributed by atoms with Crippen LogP contribution in [0.2, 0.25) is 10.0 Å². The second kappa shape index (κ2) is 7.23. The first kappa shape index (κ1) is 18.6. The highest BCUT2D eigenvalue weighted by Gasteiger charge is 2.41. The number of hydrogen-bond acceptors (Lipinski definition) is 5. The molecule has 0 radical (unpaired) electrons. The largest absolute Gasteiger partial charge is 0.340 e. The minimum atomic E-state index is -3.91. The van der Waals surface area contributed by atoms with Crippen LogP contribution in [0.3, 0.4) is 0 Å². The van der Waals surface area contributed by atoms with Crippen molar-refractivity contribution in [3.63, 3.8) is 0 Å². The van der Waals surface area contributed by atoms with Crippen LogP contribution in [-0.4, -0.2) is 18.6 Å². The van der Waals surface area contributed by atoms with Crippen molar-refractivity contribution in [1.82, 2.24) is 14.9 Å². The third-order valence-corrected chi connectivity index (χ3v) is 6.68. The van der Waals surface area contributed by atoms with Crippen LogP contribution in [0.4, 0.5) is 0 Å². The van der Waals surface area contributed by atoms with Crippen molar-refractivity contribution in [1.29, 1.82) is 0 Å². The number of nitrogens with zero attached hydrogens (tertiary/aromatic N) is 2. The highest BCUT2D eigenvalue weighted by molar-refractivity contribution is 7.89. The summed E-state index contributed by atoms with van der Waals surface area (Å²) in [6, 6.07) is 4.36. The van der Waals surface area contributed by atoms with Gasteiger partial charge in [0, 0.05) is 11.9 Å². The first-order chi connectivity index (χ1) is 11.8. The van der Waals surface area contributed by atoms with Gasteiger partial charge in [0.05, 0.1) is 10.6 Å². The lowest BCUT2D eigenvalue weighted by Gasteiger charge is -2.30. The molecule has 0 amide bonds. The lowest BCUT2D eigenvalue weighted by Crippen LogP contribution is -2.46. The predicted octanol–water partition coefficient (Wildman–Crippen LogP) is 4.21. The van der Waals surface area contributed by atoms with E-state index < -0.39 is 15.6 Å². The SMILES string of the molecule is Cc1nc(C2(NS(=O)(=O)c3cc(Cl)ccc3Cl)CCCCCC2)no1. The Balaban J connectivity index is 2.04. The molecule has 1 aliphatic rings. The molecule has 1 aromatic carbocycles. The molecule has 1 aliphatic carbocycles. The van der Waals surface area contributed by atoms with Gasteiger partial charge in [0.15, 0.2) is 5.82 Å². The van der Waals surface area contributed by atoms with Crippen LogP contribution in [0, 0.1) is 6.92 Å². The minimum absolute atomic E-state index is 0.0505. The Morgan fingerprint density at radius 3 is 2.44 bits per heavy atom. The quantitative estimate of drug-likeness (QED) is 0.772. The van der Waals surface area contributed by atoms with Crippen molar-refractivity contribution in [3.05, 3.63) is 40.0 Å². The lowest BCUT2D eigenvalue weighted by atomic mass is 9.91. The van der Waals surface area contributed by atoms with Gasteiger partial charge in [-0.15, -0.1) is 0 Å². The van der Waals surface area contributed by atoms with E-state index in [1.807, 2.05) is 0 Å². The Morgan fingerprint density at radius 1 is 1.16 bits per heavy atom. The van der Waals surface area contributed by atoms with E-state index in [4.69, 9.17) is 27.7 Å². The Kier molecular flexibility index (Phi) is 5.39. The maximum atomic E-state index is 13.0. The second-order valence-corrected chi connectivity index (χ2v) is 8.81. The molecule has 1 N–H and O–H groups in total. The van der Waals surface area contributed by atoms with E-state index in [1.165, 1.54) is 12.1 Å². The van der Waals surface area contributed by atoms with E-state index >= 15 is 0 Å². The summed E-state index contributed by atoms with van der Waals surface area (Å²) in [6.07, 6.45) is 5.03. The molecule has 0 aliphatic heterocycles. The molecule has 9 heteroatoms. The van der Waals surface area contributed by atoms with E-state index in [2.05, 4.69) is 14.9 Å². The normalized spacial score (nSPS) is 18.0. The number of rotatable bonds is 4. The molecule has 0 bridgehead atoms. The van der Waals surface area contributed by atoms with Gasteiger partial charge in [0.25, 0.3) is 0 Å². The highest BCUT2D eigenvalue weighted by Crippen LogP contribution is 2.37. The number of aromatic nitrogens is 2. The van der Waals surface area contributed by atoms with Crippen molar-refractivity contribution in [2.24, 2.45) is 0 Å². The van der Waals surface area contributed by atoms with E-state index in [1.54, 1.807) is 13.0 Å². The summed E-state index contributed by atoms with van der Waals surface area (Å²) in [5, 5.41) is 4.42. The topological polar surface area (TPSA) is 85.1 Å². The lowest BCUT2D eigenvalue weighted by molar-refractivity contribution is 0.301. The Morgan fingerprint density at radius 2 is 1.84 bits per heavy atom. The second-order valence-electron chi connectivity index (χ2n) is 6.31. The molecule has 136 valence electrons. The standard InChI is InChI=1S/C16H19Cl2N3O3S/c1-11-19-15(20-24-11)16(8-4-2-3-5-9-16)21-25(22,23)14-10-12(17)6-7-13(14)18/h6-7,10,21H,2-5,8-9H2,1H3. The molecule has 0 atom stereocenters. The fourth-order valence-corrected chi connectivity index (χ4v) is 5.38. The molecule has 2 aromatic rings. The number of nitrogens with one attached hydrogen (secondary N) is 1. The van der Waals surface area contributed by atoms with Gasteiger partial charge >= 0.3 is 0 Å². The Hall–Kier alpha value is -1.15. The average Bonchev–Trinajstić information content (AvgIpc) is 2.86. The van der Waals surface area contributed by atoms with Crippen LogP contribution in [0.15, 0.2) is 27.6 Å². The molecular formula is C16H19Cl2N3O3S. The summed E-state index contributed by atoms with van der Waals surface area (Å²) < 4.78 is 34.0. The van der Waals surface area contributed by atoms with Gasteiger partial charge in [0.2, 0.25) is 15.9 Å². The first-order valence-electron chi connectivity index (χ1n) is 8.12. The van der Waals surface area contributed by atoms with Crippen LogP contribution >= 0.6 is 23.2 Å². The molecule has 3 rings (SSSR count). The summed E-state index contributed by atoms with van der Waals surface area (Å²) in [4.78, 5) is 4.25. The number of hydrogen-bond donors (Lipinski definition) is 1. The highest BCUT2D eigenvalue weighted by atomic mass is 35.5. The molecule has 6 nitrogen and oxygen atoms in total. The zero-order chi connectivity index (χ0) is 18.1. The third-order valence-electron chi connectivity index (χ3n) is 4.43. The molecule has 1 aromatic heterocycles. The van der Waals surface area contributed by atoms with Gasteiger partial charge in [-0.25, -0.2) is 8.42 Å². The van der Waals surface area contributed by atoms with Gasteiger partial charge in [-0.05, 0) is 31.0 Å². The van der Waals surface area contributed by atoms with E-state index in [-0.39, 0.29) is 9.92 Å². The first-order valence-corrected chi connectivity index (χ1v) is 10.4. The van der Waals surface area contributed by atoms with Crippen molar-refractivity contribution in [2.75, 3.05) is 0 Å². The van der Waals surface area contributed by atoms with Gasteiger partial charge in [0.1, 0.15) is 4.90 Å². The van der Waals surface area contributed by atoms with Gasteiger partial charge < -0.3 is 4.52 Å². The molecule has 25 heavy (non-hydrogen) atoms. The van der Waals surface area contributed by atoms with Crippen LogP contribution in [0.1, 0.15) is 50.2 Å². The summed E-state index contributed by atoms with van der Waals surface area (Å²) in [5.41, 5.74) is -0.904. The molecule has 0 saturated heterocycles. The van der Waals surface area contributed by atoms with Crippen LogP contribution in [0.5, 0.6) is 0 Å². The van der Waals surface area contributed by atoms with E-state index in [9.17, 15) is 8.42 Å². The Labute approximate surface area is 157 Å².